The maximum atomic E-state index is 6.20. The smallest absolute Gasteiger partial charge is 0.0471 e. The molecule has 0 radical (unpaired) electrons. The molecule has 0 unspecified atom stereocenters. The van der Waals surface area contributed by atoms with E-state index in [2.05, 4.69) is 12.2 Å². The molecule has 1 saturated heterocycles. The molecule has 2 aliphatic rings. The molecular weight excluding hydrogens is 200 g/mol. The lowest BCUT2D eigenvalue weighted by molar-refractivity contribution is 0.0238. The lowest BCUT2D eigenvalue weighted by Gasteiger charge is -2.39. The van der Waals surface area contributed by atoms with Gasteiger partial charge in [0.2, 0.25) is 0 Å². The summed E-state index contributed by atoms with van der Waals surface area (Å²) in [6, 6.07) is 0. The highest BCUT2D eigenvalue weighted by Gasteiger charge is 2.32. The van der Waals surface area contributed by atoms with Gasteiger partial charge in [0.15, 0.2) is 0 Å². The number of hydrogen-bond acceptors (Lipinski definition) is 3. The molecule has 3 nitrogen and oxygen atoms in total. The van der Waals surface area contributed by atoms with Gasteiger partial charge in [-0.2, -0.15) is 0 Å². The Morgan fingerprint density at radius 2 is 1.88 bits per heavy atom. The fourth-order valence-electron chi connectivity index (χ4n) is 2.65. The number of nitrogens with one attached hydrogen (secondary N) is 1. The second-order valence-electron chi connectivity index (χ2n) is 6.07. The highest BCUT2D eigenvalue weighted by atomic mass is 16.5. The van der Waals surface area contributed by atoms with Crippen LogP contribution >= 0.6 is 0 Å². The molecule has 0 spiro atoms. The second kappa shape index (κ2) is 5.03. The minimum absolute atomic E-state index is 0.170. The molecule has 0 aromatic heterocycles. The van der Waals surface area contributed by atoms with Crippen LogP contribution in [0.1, 0.15) is 45.4 Å². The Kier molecular flexibility index (Phi) is 3.88. The quantitative estimate of drug-likeness (QED) is 0.701. The second-order valence-corrected chi connectivity index (χ2v) is 6.07. The van der Waals surface area contributed by atoms with E-state index >= 15 is 0 Å². The van der Waals surface area contributed by atoms with Gasteiger partial charge in [0, 0.05) is 25.3 Å². The summed E-state index contributed by atoms with van der Waals surface area (Å²) in [6.45, 7) is 6.42. The van der Waals surface area contributed by atoms with Crippen LogP contribution < -0.4 is 11.1 Å². The largest absolute Gasteiger partial charge is 0.381 e. The van der Waals surface area contributed by atoms with Crippen LogP contribution in [0.4, 0.5) is 0 Å². The van der Waals surface area contributed by atoms with E-state index < -0.39 is 0 Å². The Morgan fingerprint density at radius 1 is 1.19 bits per heavy atom. The molecule has 1 aliphatic carbocycles. The molecule has 0 atom stereocenters. The summed E-state index contributed by atoms with van der Waals surface area (Å²) in [5, 5.41) is 3.58. The van der Waals surface area contributed by atoms with Gasteiger partial charge in [0.05, 0.1) is 0 Å². The SMILES string of the molecule is CC1(CNCCC2(N)CCC2)CCOCC1. The van der Waals surface area contributed by atoms with E-state index in [4.69, 9.17) is 10.5 Å². The molecule has 94 valence electrons. The van der Waals surface area contributed by atoms with Crippen LogP contribution in [0.15, 0.2) is 0 Å². The Hall–Kier alpha value is -0.120. The Labute approximate surface area is 99.1 Å². The Bertz CT molecular complexity index is 220. The first kappa shape index (κ1) is 12.3. The summed E-state index contributed by atoms with van der Waals surface area (Å²) in [6.07, 6.45) is 7.28. The van der Waals surface area contributed by atoms with Gasteiger partial charge in [-0.25, -0.2) is 0 Å². The fraction of sp³-hybridized carbons (Fsp3) is 1.00. The number of rotatable bonds is 5. The average molecular weight is 226 g/mol. The van der Waals surface area contributed by atoms with E-state index in [-0.39, 0.29) is 5.54 Å². The summed E-state index contributed by atoms with van der Waals surface area (Å²) >= 11 is 0. The first-order valence-electron chi connectivity index (χ1n) is 6.69. The molecule has 3 heteroatoms. The zero-order chi connectivity index (χ0) is 11.5. The highest BCUT2D eigenvalue weighted by Crippen LogP contribution is 2.32. The summed E-state index contributed by atoms with van der Waals surface area (Å²) in [5.74, 6) is 0. The van der Waals surface area contributed by atoms with Crippen LogP contribution in [0.5, 0.6) is 0 Å². The molecule has 1 aliphatic heterocycles. The van der Waals surface area contributed by atoms with Crippen molar-refractivity contribution in [3.8, 4) is 0 Å². The van der Waals surface area contributed by atoms with Crippen LogP contribution in [-0.2, 0) is 4.74 Å². The summed E-state index contributed by atoms with van der Waals surface area (Å²) in [5.41, 5.74) is 6.81. The van der Waals surface area contributed by atoms with Crippen molar-refractivity contribution in [2.24, 2.45) is 11.1 Å². The van der Waals surface area contributed by atoms with E-state index in [0.717, 1.165) is 32.7 Å². The van der Waals surface area contributed by atoms with Crippen LogP contribution in [-0.4, -0.2) is 31.8 Å². The topological polar surface area (TPSA) is 47.3 Å². The van der Waals surface area contributed by atoms with E-state index in [1.54, 1.807) is 0 Å². The van der Waals surface area contributed by atoms with Crippen molar-refractivity contribution in [1.29, 1.82) is 0 Å². The van der Waals surface area contributed by atoms with E-state index in [0.29, 0.717) is 5.41 Å². The molecule has 3 N–H and O–H groups in total. The summed E-state index contributed by atoms with van der Waals surface area (Å²) in [7, 11) is 0. The molecule has 0 aromatic carbocycles. The normalized spacial score (nSPS) is 27.4. The van der Waals surface area contributed by atoms with Crippen LogP contribution in [0.25, 0.3) is 0 Å². The maximum absolute atomic E-state index is 6.20. The van der Waals surface area contributed by atoms with Crippen LogP contribution in [0, 0.1) is 5.41 Å². The third kappa shape index (κ3) is 3.19. The molecule has 1 heterocycles. The summed E-state index contributed by atoms with van der Waals surface area (Å²) < 4.78 is 5.40. The minimum atomic E-state index is 0.170. The molecular formula is C13H26N2O. The lowest BCUT2D eigenvalue weighted by atomic mass is 9.75. The number of nitrogens with two attached hydrogens (primary N) is 1. The summed E-state index contributed by atoms with van der Waals surface area (Å²) in [4.78, 5) is 0. The van der Waals surface area contributed by atoms with E-state index in [9.17, 15) is 0 Å². The number of hydrogen-bond donors (Lipinski definition) is 2. The van der Waals surface area contributed by atoms with Gasteiger partial charge >= 0.3 is 0 Å². The van der Waals surface area contributed by atoms with Crippen LogP contribution in [0.2, 0.25) is 0 Å². The van der Waals surface area contributed by atoms with Gasteiger partial charge in [-0.15, -0.1) is 0 Å². The van der Waals surface area contributed by atoms with Crippen molar-refractivity contribution in [1.82, 2.24) is 5.32 Å². The van der Waals surface area contributed by atoms with E-state index in [1.807, 2.05) is 0 Å². The maximum Gasteiger partial charge on any atom is 0.0471 e. The predicted octanol–water partition coefficient (Wildman–Crippen LogP) is 1.66. The average Bonchev–Trinajstić information content (AvgIpc) is 2.23. The number of ether oxygens (including phenoxy) is 1. The first-order chi connectivity index (χ1) is 7.62. The first-order valence-corrected chi connectivity index (χ1v) is 6.69. The van der Waals surface area contributed by atoms with Crippen molar-refractivity contribution in [2.45, 2.75) is 51.0 Å². The van der Waals surface area contributed by atoms with Gasteiger partial charge in [0.1, 0.15) is 0 Å². The third-order valence-corrected chi connectivity index (χ3v) is 4.40. The lowest BCUT2D eigenvalue weighted by Crippen LogP contribution is -2.49. The molecule has 2 rings (SSSR count). The third-order valence-electron chi connectivity index (χ3n) is 4.40. The fourth-order valence-corrected chi connectivity index (χ4v) is 2.65. The van der Waals surface area contributed by atoms with Gasteiger partial charge < -0.3 is 15.8 Å². The van der Waals surface area contributed by atoms with Crippen molar-refractivity contribution in [2.75, 3.05) is 26.3 Å². The van der Waals surface area contributed by atoms with E-state index in [1.165, 1.54) is 32.1 Å². The monoisotopic (exact) mass is 226 g/mol. The van der Waals surface area contributed by atoms with Gasteiger partial charge in [0.25, 0.3) is 0 Å². The van der Waals surface area contributed by atoms with Crippen molar-refractivity contribution in [3.63, 3.8) is 0 Å². The van der Waals surface area contributed by atoms with Crippen molar-refractivity contribution in [3.05, 3.63) is 0 Å². The molecule has 2 fully saturated rings. The van der Waals surface area contributed by atoms with Gasteiger partial charge in [-0.3, -0.25) is 0 Å². The molecule has 0 amide bonds. The zero-order valence-corrected chi connectivity index (χ0v) is 10.6. The van der Waals surface area contributed by atoms with Gasteiger partial charge in [-0.1, -0.05) is 6.92 Å². The standard InChI is InChI=1S/C13H26N2O/c1-12(6-9-16-10-7-12)11-15-8-5-13(14)3-2-4-13/h15H,2-11,14H2,1H3. The highest BCUT2D eigenvalue weighted by molar-refractivity contribution is 4.93. The molecule has 16 heavy (non-hydrogen) atoms. The van der Waals surface area contributed by atoms with Crippen molar-refractivity contribution < 1.29 is 4.74 Å². The van der Waals surface area contributed by atoms with Gasteiger partial charge in [-0.05, 0) is 50.5 Å². The Morgan fingerprint density at radius 3 is 2.44 bits per heavy atom. The molecule has 1 saturated carbocycles. The molecule has 0 bridgehead atoms. The van der Waals surface area contributed by atoms with Crippen molar-refractivity contribution >= 4 is 0 Å². The predicted molar refractivity (Wildman–Crippen MR) is 66.4 cm³/mol. The Balaban J connectivity index is 1.59. The molecule has 0 aromatic rings. The minimum Gasteiger partial charge on any atom is -0.381 e. The van der Waals surface area contributed by atoms with Crippen LogP contribution in [0.3, 0.4) is 0 Å². The zero-order valence-electron chi connectivity index (χ0n) is 10.6.